The first kappa shape index (κ1) is 50.6. The minimum atomic E-state index is -4.15. The van der Waals surface area contributed by atoms with Crippen LogP contribution in [0.25, 0.3) is 22.3 Å². The van der Waals surface area contributed by atoms with Crippen molar-refractivity contribution in [1.82, 2.24) is 39.0 Å². The summed E-state index contributed by atoms with van der Waals surface area (Å²) in [5.74, 6) is -0.333. The highest BCUT2D eigenvalue weighted by molar-refractivity contribution is 7.52. The first-order valence-corrected chi connectivity index (χ1v) is 21.7. The lowest BCUT2D eigenvalue weighted by Gasteiger charge is -2.18. The summed E-state index contributed by atoms with van der Waals surface area (Å²) >= 11 is 0. The van der Waals surface area contributed by atoms with E-state index in [1.807, 2.05) is 20.8 Å². The standard InChI is InChI=1S/C29H42N10O12P2.C6H12O2/c1-28(2,3)26(40)47-16-49-51-52(42)18-45-9-7-38-14-36-20-22(32-12-34-24(20)38)30-11-31-23-21-25(35-13-33-23)39(15-37-21)8-10-46-19-53(43,44)50-17-48-27(41)29(4,5)6;1-6(2,3)5(7)8-4/h12-15H,7-11,16-19H2,1-6H3,(H2-,30,31,32,33,34,35,43,44);1-4H3/p+1. The fourth-order valence-corrected chi connectivity index (χ4v) is 5.46. The molecule has 0 saturated heterocycles. The zero-order chi connectivity index (χ0) is 45.4. The molecule has 338 valence electrons. The zero-order valence-corrected chi connectivity index (χ0v) is 37.7. The minimum Gasteiger partial charge on any atom is -0.469 e. The van der Waals surface area contributed by atoms with Gasteiger partial charge < -0.3 is 48.3 Å². The van der Waals surface area contributed by atoms with E-state index in [-0.39, 0.29) is 44.2 Å². The van der Waals surface area contributed by atoms with E-state index in [0.29, 0.717) is 40.5 Å². The van der Waals surface area contributed by atoms with Gasteiger partial charge in [0.05, 0.1) is 55.9 Å². The number of fused-ring (bicyclic) bond motifs is 2. The van der Waals surface area contributed by atoms with Crippen LogP contribution in [0, 0.1) is 16.2 Å². The van der Waals surface area contributed by atoms with Crippen molar-refractivity contribution in [3.05, 3.63) is 25.3 Å². The maximum absolute atomic E-state index is 12.2. The molecule has 2 atom stereocenters. The van der Waals surface area contributed by atoms with E-state index in [9.17, 15) is 28.4 Å². The van der Waals surface area contributed by atoms with Gasteiger partial charge in [-0.05, 0) is 66.9 Å². The molecule has 4 heterocycles. The largest absolute Gasteiger partial charge is 0.568 e. The average Bonchev–Trinajstić information content (AvgIpc) is 3.80. The van der Waals surface area contributed by atoms with Gasteiger partial charge in [-0.2, -0.15) is 0 Å². The van der Waals surface area contributed by atoms with Crippen molar-refractivity contribution >= 4 is 67.5 Å². The van der Waals surface area contributed by atoms with Crippen LogP contribution in [-0.4, -0.2) is 115 Å². The summed E-state index contributed by atoms with van der Waals surface area (Å²) in [7, 11) is -5.06. The van der Waals surface area contributed by atoms with Crippen LogP contribution in [0.4, 0.5) is 11.6 Å². The number of anilines is 2. The molecule has 61 heavy (non-hydrogen) atoms. The van der Waals surface area contributed by atoms with Crippen molar-refractivity contribution in [3.8, 4) is 0 Å². The van der Waals surface area contributed by atoms with Crippen molar-refractivity contribution in [3.63, 3.8) is 0 Å². The summed E-state index contributed by atoms with van der Waals surface area (Å²) in [6.07, 6.45) is 5.02. The van der Waals surface area contributed by atoms with Gasteiger partial charge >= 0.3 is 33.5 Å². The molecule has 0 aromatic carbocycles. The summed E-state index contributed by atoms with van der Waals surface area (Å²) in [4.78, 5) is 74.7. The van der Waals surface area contributed by atoms with Gasteiger partial charge in [-0.15, -0.1) is 4.89 Å². The molecule has 4 aromatic heterocycles. The second-order valence-corrected chi connectivity index (χ2v) is 18.8. The smallest absolute Gasteiger partial charge is 0.469 e. The molecule has 0 aliphatic rings. The van der Waals surface area contributed by atoms with Crippen molar-refractivity contribution < 1.29 is 66.2 Å². The second-order valence-electron chi connectivity index (χ2n) is 15.9. The van der Waals surface area contributed by atoms with Gasteiger partial charge in [0, 0.05) is 17.8 Å². The molecule has 26 heteroatoms. The van der Waals surface area contributed by atoms with Gasteiger partial charge in [0.25, 0.3) is 6.35 Å². The number of hydrogen-bond acceptors (Lipinski definition) is 21. The Bertz CT molecular complexity index is 2130. The Morgan fingerprint density at radius 1 is 0.721 bits per heavy atom. The van der Waals surface area contributed by atoms with Crippen molar-refractivity contribution in [2.24, 2.45) is 16.2 Å². The number of methoxy groups -OCH3 is 1. The molecule has 0 spiro atoms. The van der Waals surface area contributed by atoms with Crippen molar-refractivity contribution in [2.45, 2.75) is 75.4 Å². The average molecular weight is 902 g/mol. The SMILES string of the molecule is CC(C)(C)C(=O)OCOO[P+](=O)COCCn1cnc2c(NCNc3ncnc4c3ncn4CCOCP(=O)(O)OCOC(=O)C(C)(C)C)ncnc21.COC(=O)C(C)(C)C. The molecule has 0 bridgehead atoms. The lowest BCUT2D eigenvalue weighted by atomic mass is 9.98. The molecule has 0 saturated carbocycles. The van der Waals surface area contributed by atoms with Crippen molar-refractivity contribution in [1.29, 1.82) is 0 Å². The van der Waals surface area contributed by atoms with Crippen LogP contribution < -0.4 is 10.6 Å². The number of aromatic nitrogens is 8. The third-order valence-electron chi connectivity index (χ3n) is 7.56. The summed E-state index contributed by atoms with van der Waals surface area (Å²) in [5.41, 5.74) is 0.189. The summed E-state index contributed by atoms with van der Waals surface area (Å²) in [5, 5.41) is 6.30. The fourth-order valence-electron chi connectivity index (χ4n) is 4.32. The van der Waals surface area contributed by atoms with Gasteiger partial charge in [0.2, 0.25) is 13.6 Å². The number of carbonyl (C=O) groups excluding carboxylic acids is 3. The van der Waals surface area contributed by atoms with Gasteiger partial charge in [0.15, 0.2) is 22.9 Å². The Morgan fingerprint density at radius 3 is 1.66 bits per heavy atom. The summed E-state index contributed by atoms with van der Waals surface area (Å²) in [6, 6.07) is 0. The maximum Gasteiger partial charge on any atom is 0.568 e. The summed E-state index contributed by atoms with van der Waals surface area (Å²) in [6.45, 7) is 15.3. The van der Waals surface area contributed by atoms with Crippen LogP contribution in [0.2, 0.25) is 0 Å². The van der Waals surface area contributed by atoms with E-state index < -0.39 is 58.3 Å². The highest BCUT2D eigenvalue weighted by Gasteiger charge is 2.27. The molecule has 0 aliphatic heterocycles. The molecule has 0 aliphatic carbocycles. The number of ether oxygens (including phenoxy) is 5. The predicted molar refractivity (Wildman–Crippen MR) is 217 cm³/mol. The minimum absolute atomic E-state index is 0.0409. The number of esters is 3. The molecule has 24 nitrogen and oxygen atoms in total. The predicted octanol–water partition coefficient (Wildman–Crippen LogP) is 4.59. The quantitative estimate of drug-likeness (QED) is 0.0196. The van der Waals surface area contributed by atoms with Crippen LogP contribution in [0.15, 0.2) is 25.3 Å². The molecule has 4 rings (SSSR count). The van der Waals surface area contributed by atoms with Crippen LogP contribution in [0.1, 0.15) is 62.3 Å². The molecular formula is C35H55N10O14P2+. The summed E-state index contributed by atoms with van der Waals surface area (Å²) < 4.78 is 62.0. The van der Waals surface area contributed by atoms with E-state index in [1.54, 1.807) is 63.3 Å². The van der Waals surface area contributed by atoms with Crippen LogP contribution in [-0.2, 0) is 74.4 Å². The molecule has 0 fully saturated rings. The Hall–Kier alpha value is -4.80. The van der Waals surface area contributed by atoms with Gasteiger partial charge in [-0.25, -0.2) is 29.9 Å². The maximum atomic E-state index is 12.2. The first-order chi connectivity index (χ1) is 28.5. The molecule has 3 N–H and O–H groups in total. The molecule has 2 unspecified atom stereocenters. The van der Waals surface area contributed by atoms with E-state index in [4.69, 9.17) is 23.5 Å². The molecular weight excluding hydrogens is 846 g/mol. The van der Waals surface area contributed by atoms with E-state index in [0.717, 1.165) is 0 Å². The Balaban J connectivity index is 0.00000112. The zero-order valence-electron chi connectivity index (χ0n) is 35.9. The van der Waals surface area contributed by atoms with Crippen LogP contribution >= 0.6 is 15.6 Å². The highest BCUT2D eigenvalue weighted by Crippen LogP contribution is 2.41. The molecule has 0 amide bonds. The lowest BCUT2D eigenvalue weighted by Crippen LogP contribution is -2.23. The third-order valence-corrected chi connectivity index (χ3v) is 9.24. The molecule has 0 radical (unpaired) electrons. The van der Waals surface area contributed by atoms with Gasteiger partial charge in [0.1, 0.15) is 30.0 Å². The number of imidazole rings is 2. The third kappa shape index (κ3) is 16.9. The highest BCUT2D eigenvalue weighted by atomic mass is 31.2. The number of carbonyl (C=O) groups is 3. The van der Waals surface area contributed by atoms with Gasteiger partial charge in [-0.3, -0.25) is 23.5 Å². The van der Waals surface area contributed by atoms with Crippen molar-refractivity contribution in [2.75, 3.05) is 63.9 Å². The Kier molecular flexibility index (Phi) is 19.0. The van der Waals surface area contributed by atoms with Crippen LogP contribution in [0.3, 0.4) is 0 Å². The Morgan fingerprint density at radius 2 is 1.20 bits per heavy atom. The second kappa shape index (κ2) is 22.9. The first-order valence-electron chi connectivity index (χ1n) is 18.6. The molecule has 4 aromatic rings. The van der Waals surface area contributed by atoms with E-state index in [2.05, 4.69) is 54.8 Å². The number of rotatable bonds is 21. The van der Waals surface area contributed by atoms with Crippen LogP contribution in [0.5, 0.6) is 0 Å². The number of nitrogens with one attached hydrogen (secondary N) is 2. The fraction of sp³-hybridized carbons (Fsp3) is 0.629. The van der Waals surface area contributed by atoms with Gasteiger partial charge in [-0.1, -0.05) is 0 Å². The topological polar surface area (TPSA) is 291 Å². The number of nitrogens with zero attached hydrogens (tertiary/aromatic N) is 8. The normalized spacial score (nSPS) is 13.2. The number of hydrogen-bond donors (Lipinski definition) is 3. The Labute approximate surface area is 353 Å². The van der Waals surface area contributed by atoms with E-state index in [1.165, 1.54) is 19.8 Å². The monoisotopic (exact) mass is 901 g/mol. The lowest BCUT2D eigenvalue weighted by molar-refractivity contribution is -0.261. The van der Waals surface area contributed by atoms with E-state index >= 15 is 0 Å².